The molecule has 0 bridgehead atoms. The topological polar surface area (TPSA) is 425 Å². The molecule has 0 aliphatic carbocycles. The van der Waals surface area contributed by atoms with Crippen LogP contribution in [0.3, 0.4) is 0 Å². The Morgan fingerprint density at radius 2 is 1.03 bits per heavy atom. The lowest BCUT2D eigenvalue weighted by Gasteiger charge is -2.51. The molecule has 4 aliphatic heterocycles. The van der Waals surface area contributed by atoms with Crippen LogP contribution in [0.15, 0.2) is 36.4 Å². The summed E-state index contributed by atoms with van der Waals surface area (Å²) in [7, 11) is -3.88. The Hall–Kier alpha value is -4.13. The first kappa shape index (κ1) is 65.7. The molecule has 20 atom stereocenters. The van der Waals surface area contributed by atoms with Gasteiger partial charge in [0.25, 0.3) is 5.91 Å². The Bertz CT molecular complexity index is 2220. The monoisotopic (exact) mass is 1150 g/mol. The van der Waals surface area contributed by atoms with Gasteiger partial charge in [-0.3, -0.25) is 23.4 Å². The molecule has 4 fully saturated rings. The fourth-order valence-electron chi connectivity index (χ4n) is 9.37. The Morgan fingerprint density at radius 3 is 1.51 bits per heavy atom. The van der Waals surface area contributed by atoms with Crippen LogP contribution < -0.4 is 26.0 Å². The predicted octanol–water partition coefficient (Wildman–Crippen LogP) is -4.28. The van der Waals surface area contributed by atoms with Gasteiger partial charge in [0.15, 0.2) is 25.2 Å². The average molecular weight is 1160 g/mol. The summed E-state index contributed by atoms with van der Waals surface area (Å²) < 4.78 is 80.7. The van der Waals surface area contributed by atoms with Gasteiger partial charge in [-0.05, 0) is 49.9 Å². The van der Waals surface area contributed by atoms with Gasteiger partial charge in [-0.15, -0.1) is 0 Å². The quantitative estimate of drug-likeness (QED) is 0.0279. The van der Waals surface area contributed by atoms with Crippen molar-refractivity contribution in [2.75, 3.05) is 40.1 Å². The first-order valence-corrected chi connectivity index (χ1v) is 27.4. The normalized spacial score (nSPS) is 35.1. The zero-order valence-corrected chi connectivity index (χ0v) is 45.3. The van der Waals surface area contributed by atoms with Gasteiger partial charge in [0.2, 0.25) is 17.7 Å². The van der Waals surface area contributed by atoms with Crippen LogP contribution in [0.25, 0.3) is 0 Å². The second-order valence-electron chi connectivity index (χ2n) is 19.4. The van der Waals surface area contributed by atoms with E-state index in [1.807, 2.05) is 0 Å². The Morgan fingerprint density at radius 1 is 0.570 bits per heavy atom. The number of amides is 4. The number of carbonyl (C=O) groups is 4. The molecule has 0 radical (unpaired) electrons. The molecule has 30 heteroatoms. The number of carbonyl (C=O) groups excluding carboxylic acids is 4. The standard InChI is InChI=1S/C49H78N4O25S/c1-6-7-8-9-10-11-12-13-14-19-70-28-17-15-27(16-18-28)45(65)53-34-38(61)37(60)29(20-54)73-47(34)76-42-30(21-55)74-48(35(40(42)63)51-25(3)58)77-43-31(22-56)75-49(36(41(43)64)52-26(4)59)78-44-32(23-71-79(67,68)69-5)72-46(66)33(39(44)62)50-24(2)57/h11-12,15-18,29-44,46-49,54-56,60-64,66H,6-10,13-14,19-23H2,1-5H3,(H,50,57)(H,51,58)(H,52,59)(H,53,65)/b12-11-. The number of ether oxygens (including phenoxy) is 8. The minimum absolute atomic E-state index is 0.0853. The number of allylic oxidation sites excluding steroid dienone is 2. The number of benzene rings is 1. The summed E-state index contributed by atoms with van der Waals surface area (Å²) >= 11 is 0. The van der Waals surface area contributed by atoms with Gasteiger partial charge in [0.1, 0.15) is 103 Å². The van der Waals surface area contributed by atoms with Crippen LogP contribution in [0, 0.1) is 0 Å². The molecular formula is C49H78N4O25S. The van der Waals surface area contributed by atoms with E-state index in [1.165, 1.54) is 31.4 Å². The van der Waals surface area contributed by atoms with Crippen LogP contribution in [0.2, 0.25) is 0 Å². The van der Waals surface area contributed by atoms with E-state index in [2.05, 4.69) is 44.5 Å². The summed E-state index contributed by atoms with van der Waals surface area (Å²) in [5, 5.41) is 109. The van der Waals surface area contributed by atoms with Gasteiger partial charge in [-0.1, -0.05) is 38.3 Å². The SMILES string of the molecule is CCCCCC/C=C\CCCOc1ccc(C(=O)NC2C(OC3C(CO)OC(OC4C(CO)OC(OC5C(COS(=O)(=O)OC)OC(O)C(NC(C)=O)C5O)C(NC(C)=O)C4O)C(NC(C)=O)C3O)OC(CO)C(O)C2O)cc1. The second kappa shape index (κ2) is 31.3. The molecule has 4 aliphatic rings. The van der Waals surface area contributed by atoms with Crippen molar-refractivity contribution >= 4 is 34.0 Å². The van der Waals surface area contributed by atoms with Crippen molar-refractivity contribution < 1.29 is 120 Å². The molecule has 29 nitrogen and oxygen atoms in total. The third-order valence-corrected chi connectivity index (χ3v) is 14.3. The van der Waals surface area contributed by atoms with Crippen LogP contribution in [-0.4, -0.2) is 241 Å². The first-order chi connectivity index (χ1) is 37.6. The zero-order valence-electron chi connectivity index (χ0n) is 44.5. The number of rotatable bonds is 28. The van der Waals surface area contributed by atoms with Crippen molar-refractivity contribution in [3.05, 3.63) is 42.0 Å². The average Bonchev–Trinajstić information content (AvgIpc) is 3.51. The maximum Gasteiger partial charge on any atom is 0.399 e. The third-order valence-electron chi connectivity index (χ3n) is 13.4. The van der Waals surface area contributed by atoms with Crippen LogP contribution in [-0.2, 0) is 66.3 Å². The molecule has 0 aromatic heterocycles. The molecule has 0 saturated carbocycles. The van der Waals surface area contributed by atoms with E-state index in [1.54, 1.807) is 12.1 Å². The number of hydrogen-bond acceptors (Lipinski definition) is 25. The minimum atomic E-state index is -4.66. The molecule has 4 heterocycles. The fourth-order valence-corrected chi connectivity index (χ4v) is 9.77. The summed E-state index contributed by atoms with van der Waals surface area (Å²) in [6, 6.07) is -0.650. The molecule has 5 rings (SSSR count). The Labute approximate surface area is 457 Å². The van der Waals surface area contributed by atoms with Crippen LogP contribution in [0.1, 0.15) is 83.0 Å². The van der Waals surface area contributed by atoms with E-state index in [-0.39, 0.29) is 5.56 Å². The van der Waals surface area contributed by atoms with Crippen LogP contribution >= 0.6 is 0 Å². The summed E-state index contributed by atoms with van der Waals surface area (Å²) in [4.78, 5) is 51.1. The second-order valence-corrected chi connectivity index (χ2v) is 20.8. The van der Waals surface area contributed by atoms with E-state index in [4.69, 9.17) is 42.1 Å². The van der Waals surface area contributed by atoms with E-state index in [0.717, 1.165) is 53.6 Å². The lowest BCUT2D eigenvalue weighted by Crippen LogP contribution is -2.71. The molecule has 450 valence electrons. The number of unbranched alkanes of at least 4 members (excludes halogenated alkanes) is 5. The Kier molecular flexibility index (Phi) is 26.1. The van der Waals surface area contributed by atoms with Crippen molar-refractivity contribution in [2.45, 2.75) is 195 Å². The zero-order chi connectivity index (χ0) is 58.1. The number of aliphatic hydroxyl groups excluding tert-OH is 9. The molecule has 4 amide bonds. The van der Waals surface area contributed by atoms with Gasteiger partial charge < -0.3 is 105 Å². The van der Waals surface area contributed by atoms with Gasteiger partial charge in [-0.2, -0.15) is 8.42 Å². The highest BCUT2D eigenvalue weighted by atomic mass is 32.3. The molecule has 0 spiro atoms. The molecule has 20 unspecified atom stereocenters. The smallest absolute Gasteiger partial charge is 0.399 e. The highest BCUT2D eigenvalue weighted by Crippen LogP contribution is 2.35. The summed E-state index contributed by atoms with van der Waals surface area (Å²) in [5.74, 6) is -2.66. The number of hydrogen-bond donors (Lipinski definition) is 13. The van der Waals surface area contributed by atoms with Gasteiger partial charge in [-0.25, -0.2) is 4.18 Å². The molecule has 1 aromatic rings. The summed E-state index contributed by atoms with van der Waals surface area (Å²) in [5.41, 5.74) is 0.0853. The lowest BCUT2D eigenvalue weighted by molar-refractivity contribution is -0.361. The predicted molar refractivity (Wildman–Crippen MR) is 268 cm³/mol. The molecule has 4 saturated heterocycles. The number of nitrogens with one attached hydrogen (secondary N) is 4. The summed E-state index contributed by atoms with van der Waals surface area (Å²) in [6.45, 7) is 1.90. The van der Waals surface area contributed by atoms with Crippen molar-refractivity contribution in [3.8, 4) is 5.75 Å². The Balaban J connectivity index is 1.33. The van der Waals surface area contributed by atoms with E-state index >= 15 is 0 Å². The van der Waals surface area contributed by atoms with Gasteiger partial charge in [0, 0.05) is 26.3 Å². The van der Waals surface area contributed by atoms with E-state index in [0.29, 0.717) is 12.4 Å². The fraction of sp³-hybridized carbons (Fsp3) is 0.755. The highest BCUT2D eigenvalue weighted by molar-refractivity contribution is 7.81. The third kappa shape index (κ3) is 18.2. The van der Waals surface area contributed by atoms with Gasteiger partial charge in [0.05, 0.1) is 40.1 Å². The maximum atomic E-state index is 13.7. The largest absolute Gasteiger partial charge is 0.494 e. The molecule has 1 aromatic carbocycles. The van der Waals surface area contributed by atoms with Crippen molar-refractivity contribution in [1.29, 1.82) is 0 Å². The molecule has 13 N–H and O–H groups in total. The van der Waals surface area contributed by atoms with E-state index < -0.39 is 183 Å². The lowest BCUT2D eigenvalue weighted by atomic mass is 9.93. The van der Waals surface area contributed by atoms with Crippen LogP contribution in [0.4, 0.5) is 0 Å². The first-order valence-electron chi connectivity index (χ1n) is 26.0. The maximum absolute atomic E-state index is 13.7. The highest BCUT2D eigenvalue weighted by Gasteiger charge is 2.56. The minimum Gasteiger partial charge on any atom is -0.494 e. The molecule has 79 heavy (non-hydrogen) atoms. The van der Waals surface area contributed by atoms with Crippen molar-refractivity contribution in [2.24, 2.45) is 0 Å². The van der Waals surface area contributed by atoms with Crippen molar-refractivity contribution in [3.63, 3.8) is 0 Å². The number of aliphatic hydroxyl groups is 9. The van der Waals surface area contributed by atoms with Crippen molar-refractivity contribution in [1.82, 2.24) is 21.3 Å². The molecular weight excluding hydrogens is 1080 g/mol. The van der Waals surface area contributed by atoms with Crippen LogP contribution in [0.5, 0.6) is 5.75 Å². The van der Waals surface area contributed by atoms with Gasteiger partial charge >= 0.3 is 10.4 Å². The van der Waals surface area contributed by atoms with E-state index in [9.17, 15) is 73.6 Å². The summed E-state index contributed by atoms with van der Waals surface area (Å²) in [6.07, 6.45) is -17.4.